The van der Waals surface area contributed by atoms with Crippen LogP contribution in [-0.2, 0) is 0 Å². The second kappa shape index (κ2) is 3.52. The van der Waals surface area contributed by atoms with E-state index in [-0.39, 0.29) is 6.10 Å². The summed E-state index contributed by atoms with van der Waals surface area (Å²) in [4.78, 5) is 6.21. The Bertz CT molecular complexity index is 305. The molecule has 3 nitrogen and oxygen atoms in total. The van der Waals surface area contributed by atoms with Gasteiger partial charge in [-0.05, 0) is 18.6 Å². The van der Waals surface area contributed by atoms with Gasteiger partial charge >= 0.3 is 0 Å². The average molecular weight is 199 g/mol. The van der Waals surface area contributed by atoms with Gasteiger partial charge in [0.05, 0.1) is 6.10 Å². The Morgan fingerprint density at radius 3 is 3.00 bits per heavy atom. The fourth-order valence-corrected chi connectivity index (χ4v) is 1.68. The number of anilines is 1. The van der Waals surface area contributed by atoms with E-state index >= 15 is 0 Å². The molecule has 1 aromatic rings. The summed E-state index contributed by atoms with van der Waals surface area (Å²) in [6.07, 6.45) is 0.592. The summed E-state index contributed by atoms with van der Waals surface area (Å²) in [5.74, 6) is 0.851. The number of pyridine rings is 1. The summed E-state index contributed by atoms with van der Waals surface area (Å²) in [6, 6.07) is 5.52. The summed E-state index contributed by atoms with van der Waals surface area (Å²) < 4.78 is 0. The Balaban J connectivity index is 2.16. The van der Waals surface area contributed by atoms with Crippen LogP contribution in [0.3, 0.4) is 0 Å². The standard InChI is InChI=1S/C9H11ClN2O/c10-8-2-1-3-9(11-8)12-5-4-7(13)6-12/h1-3,7,13H,4-6H2/t7-/m1/s1. The topological polar surface area (TPSA) is 36.4 Å². The SMILES string of the molecule is O[C@@H]1CCN(c2cccc(Cl)n2)C1. The van der Waals surface area contributed by atoms with Crippen LogP contribution < -0.4 is 4.90 Å². The number of aromatic nitrogens is 1. The second-order valence-electron chi connectivity index (χ2n) is 3.21. The van der Waals surface area contributed by atoms with Gasteiger partial charge < -0.3 is 10.0 Å². The third kappa shape index (κ3) is 1.92. The second-order valence-corrected chi connectivity index (χ2v) is 3.59. The lowest BCUT2D eigenvalue weighted by Crippen LogP contribution is -2.22. The van der Waals surface area contributed by atoms with Crippen molar-refractivity contribution in [2.75, 3.05) is 18.0 Å². The molecule has 2 rings (SSSR count). The highest BCUT2D eigenvalue weighted by atomic mass is 35.5. The van der Waals surface area contributed by atoms with Crippen molar-refractivity contribution in [3.8, 4) is 0 Å². The molecule has 0 saturated carbocycles. The van der Waals surface area contributed by atoms with E-state index in [1.165, 1.54) is 0 Å². The third-order valence-electron chi connectivity index (χ3n) is 2.19. The van der Waals surface area contributed by atoms with Crippen molar-refractivity contribution in [3.05, 3.63) is 23.4 Å². The van der Waals surface area contributed by atoms with Crippen LogP contribution >= 0.6 is 11.6 Å². The first-order chi connectivity index (χ1) is 6.25. The number of halogens is 1. The predicted octanol–water partition coefficient (Wildman–Crippen LogP) is 1.31. The fourth-order valence-electron chi connectivity index (χ4n) is 1.52. The zero-order valence-corrected chi connectivity index (χ0v) is 7.91. The molecule has 1 saturated heterocycles. The average Bonchev–Trinajstić information content (AvgIpc) is 2.52. The first kappa shape index (κ1) is 8.78. The minimum absolute atomic E-state index is 0.221. The quantitative estimate of drug-likeness (QED) is 0.692. The van der Waals surface area contributed by atoms with E-state index in [0.29, 0.717) is 11.7 Å². The Morgan fingerprint density at radius 2 is 2.38 bits per heavy atom. The van der Waals surface area contributed by atoms with Gasteiger partial charge in [-0.3, -0.25) is 0 Å². The molecule has 1 aliphatic rings. The highest BCUT2D eigenvalue weighted by Gasteiger charge is 2.20. The molecule has 1 N–H and O–H groups in total. The summed E-state index contributed by atoms with van der Waals surface area (Å²) in [7, 11) is 0. The van der Waals surface area contributed by atoms with Crippen molar-refractivity contribution in [3.63, 3.8) is 0 Å². The van der Waals surface area contributed by atoms with Crippen molar-refractivity contribution in [2.24, 2.45) is 0 Å². The van der Waals surface area contributed by atoms with Gasteiger partial charge in [0.15, 0.2) is 0 Å². The van der Waals surface area contributed by atoms with E-state index in [1.54, 1.807) is 6.07 Å². The van der Waals surface area contributed by atoms with Gasteiger partial charge in [-0.1, -0.05) is 17.7 Å². The molecule has 0 unspecified atom stereocenters. The minimum atomic E-state index is -0.221. The molecule has 13 heavy (non-hydrogen) atoms. The number of nitrogens with zero attached hydrogens (tertiary/aromatic N) is 2. The first-order valence-electron chi connectivity index (χ1n) is 4.31. The molecule has 1 aromatic heterocycles. The van der Waals surface area contributed by atoms with Gasteiger partial charge in [0.2, 0.25) is 0 Å². The van der Waals surface area contributed by atoms with Crippen LogP contribution in [0.15, 0.2) is 18.2 Å². The molecule has 0 spiro atoms. The molecule has 0 bridgehead atoms. The van der Waals surface area contributed by atoms with Crippen LogP contribution in [-0.4, -0.2) is 29.3 Å². The lowest BCUT2D eigenvalue weighted by atomic mass is 10.3. The van der Waals surface area contributed by atoms with Crippen LogP contribution in [0.4, 0.5) is 5.82 Å². The van der Waals surface area contributed by atoms with E-state index in [0.717, 1.165) is 18.8 Å². The molecule has 4 heteroatoms. The van der Waals surface area contributed by atoms with Crippen LogP contribution in [0.25, 0.3) is 0 Å². The summed E-state index contributed by atoms with van der Waals surface area (Å²) >= 11 is 5.76. The number of aliphatic hydroxyl groups excluding tert-OH is 1. The van der Waals surface area contributed by atoms with Gasteiger partial charge in [-0.2, -0.15) is 0 Å². The van der Waals surface area contributed by atoms with Crippen LogP contribution in [0.1, 0.15) is 6.42 Å². The molecule has 1 atom stereocenters. The van der Waals surface area contributed by atoms with Crippen LogP contribution in [0.5, 0.6) is 0 Å². The molecule has 0 aromatic carbocycles. The Kier molecular flexibility index (Phi) is 2.38. The van der Waals surface area contributed by atoms with Gasteiger partial charge in [-0.25, -0.2) is 4.98 Å². The zero-order chi connectivity index (χ0) is 9.26. The van der Waals surface area contributed by atoms with E-state index in [1.807, 2.05) is 17.0 Å². The molecule has 70 valence electrons. The maximum atomic E-state index is 9.33. The molecule has 1 aliphatic heterocycles. The van der Waals surface area contributed by atoms with Gasteiger partial charge in [0.25, 0.3) is 0 Å². The van der Waals surface area contributed by atoms with Crippen molar-refractivity contribution in [1.82, 2.24) is 4.98 Å². The third-order valence-corrected chi connectivity index (χ3v) is 2.40. The minimum Gasteiger partial charge on any atom is -0.391 e. The monoisotopic (exact) mass is 198 g/mol. The molecule has 0 amide bonds. The van der Waals surface area contributed by atoms with E-state index < -0.39 is 0 Å². The predicted molar refractivity (Wildman–Crippen MR) is 52.1 cm³/mol. The van der Waals surface area contributed by atoms with Gasteiger partial charge in [-0.15, -0.1) is 0 Å². The van der Waals surface area contributed by atoms with E-state index in [2.05, 4.69) is 4.98 Å². The Labute approximate surface area is 82.0 Å². The molecule has 2 heterocycles. The van der Waals surface area contributed by atoms with Gasteiger partial charge in [0.1, 0.15) is 11.0 Å². The van der Waals surface area contributed by atoms with Gasteiger partial charge in [0, 0.05) is 13.1 Å². The highest BCUT2D eigenvalue weighted by Crippen LogP contribution is 2.19. The highest BCUT2D eigenvalue weighted by molar-refractivity contribution is 6.29. The Hall–Kier alpha value is -0.800. The molecule has 0 aliphatic carbocycles. The van der Waals surface area contributed by atoms with E-state index in [4.69, 9.17) is 11.6 Å². The molecular weight excluding hydrogens is 188 g/mol. The van der Waals surface area contributed by atoms with Crippen LogP contribution in [0, 0.1) is 0 Å². The first-order valence-corrected chi connectivity index (χ1v) is 4.69. The molecular formula is C9H11ClN2O. The van der Waals surface area contributed by atoms with Crippen molar-refractivity contribution in [2.45, 2.75) is 12.5 Å². The number of β-amino-alcohol motifs (C(OH)–C–C–N with tert-alkyl or cyclic N) is 1. The summed E-state index contributed by atoms with van der Waals surface area (Å²) in [5, 5.41) is 9.83. The number of aliphatic hydroxyl groups is 1. The van der Waals surface area contributed by atoms with Crippen LogP contribution in [0.2, 0.25) is 5.15 Å². The summed E-state index contributed by atoms with van der Waals surface area (Å²) in [6.45, 7) is 1.52. The lowest BCUT2D eigenvalue weighted by Gasteiger charge is -2.15. The normalized spacial score (nSPS) is 22.3. The van der Waals surface area contributed by atoms with Crippen molar-refractivity contribution < 1.29 is 5.11 Å². The lowest BCUT2D eigenvalue weighted by molar-refractivity contribution is 0.198. The fraction of sp³-hybridized carbons (Fsp3) is 0.444. The maximum Gasteiger partial charge on any atom is 0.131 e. The largest absolute Gasteiger partial charge is 0.391 e. The molecule has 1 fully saturated rings. The maximum absolute atomic E-state index is 9.33. The summed E-state index contributed by atoms with van der Waals surface area (Å²) in [5.41, 5.74) is 0. The number of hydrogen-bond acceptors (Lipinski definition) is 3. The van der Waals surface area contributed by atoms with Crippen molar-refractivity contribution in [1.29, 1.82) is 0 Å². The van der Waals surface area contributed by atoms with E-state index in [9.17, 15) is 5.11 Å². The number of hydrogen-bond donors (Lipinski definition) is 1. The van der Waals surface area contributed by atoms with Crippen molar-refractivity contribution >= 4 is 17.4 Å². The molecule has 0 radical (unpaired) electrons. The Morgan fingerprint density at radius 1 is 1.54 bits per heavy atom. The smallest absolute Gasteiger partial charge is 0.131 e. The number of rotatable bonds is 1. The zero-order valence-electron chi connectivity index (χ0n) is 7.15.